The standard InChI is InChI=1S/C18H26N2O3/c1-23-16-6-2-14(3-7-16)12-18(22)20-10-8-19(9-11-20)13-17(21)15-4-5-15/h2-3,6-7,15,17,21H,4-5,8-13H2,1H3. The third-order valence-electron chi connectivity index (χ3n) is 4.85. The number of benzene rings is 1. The Bertz CT molecular complexity index is 520. The number of nitrogens with zero attached hydrogens (tertiary/aromatic N) is 2. The summed E-state index contributed by atoms with van der Waals surface area (Å²) in [6.45, 7) is 3.99. The van der Waals surface area contributed by atoms with Gasteiger partial charge in [-0.15, -0.1) is 0 Å². The molecule has 5 heteroatoms. The maximum atomic E-state index is 12.4. The molecule has 0 aromatic heterocycles. The highest BCUT2D eigenvalue weighted by molar-refractivity contribution is 5.78. The third kappa shape index (κ3) is 4.45. The molecule has 126 valence electrons. The molecule has 1 saturated carbocycles. The molecule has 1 aliphatic carbocycles. The van der Waals surface area contributed by atoms with Gasteiger partial charge in [0.15, 0.2) is 0 Å². The molecule has 0 spiro atoms. The second kappa shape index (κ2) is 7.32. The van der Waals surface area contributed by atoms with Gasteiger partial charge in [0.05, 0.1) is 19.6 Å². The van der Waals surface area contributed by atoms with E-state index in [1.165, 1.54) is 12.8 Å². The van der Waals surface area contributed by atoms with Crippen LogP contribution in [-0.2, 0) is 11.2 Å². The molecule has 0 radical (unpaired) electrons. The number of rotatable bonds is 6. The van der Waals surface area contributed by atoms with Crippen LogP contribution < -0.4 is 4.74 Å². The number of carbonyl (C=O) groups excluding carboxylic acids is 1. The van der Waals surface area contributed by atoms with Crippen molar-refractivity contribution < 1.29 is 14.6 Å². The quantitative estimate of drug-likeness (QED) is 0.855. The highest BCUT2D eigenvalue weighted by Crippen LogP contribution is 2.32. The fraction of sp³-hybridized carbons (Fsp3) is 0.611. The van der Waals surface area contributed by atoms with Gasteiger partial charge in [-0.1, -0.05) is 12.1 Å². The Kier molecular flexibility index (Phi) is 5.18. The highest BCUT2D eigenvalue weighted by Gasteiger charge is 2.32. The number of aliphatic hydroxyl groups is 1. The minimum absolute atomic E-state index is 0.178. The van der Waals surface area contributed by atoms with Gasteiger partial charge in [-0.05, 0) is 36.5 Å². The van der Waals surface area contributed by atoms with Crippen LogP contribution in [0.2, 0.25) is 0 Å². The molecule has 1 aromatic carbocycles. The minimum Gasteiger partial charge on any atom is -0.497 e. The molecule has 2 fully saturated rings. The van der Waals surface area contributed by atoms with Crippen molar-refractivity contribution >= 4 is 5.91 Å². The van der Waals surface area contributed by atoms with Gasteiger partial charge in [0.2, 0.25) is 5.91 Å². The monoisotopic (exact) mass is 318 g/mol. The molecular formula is C18H26N2O3. The van der Waals surface area contributed by atoms with Crippen LogP contribution in [-0.4, -0.2) is 66.8 Å². The van der Waals surface area contributed by atoms with Gasteiger partial charge >= 0.3 is 0 Å². The first-order valence-corrected chi connectivity index (χ1v) is 8.47. The van der Waals surface area contributed by atoms with Gasteiger partial charge in [-0.2, -0.15) is 0 Å². The zero-order chi connectivity index (χ0) is 16.2. The molecule has 2 aliphatic rings. The molecule has 3 rings (SSSR count). The fourth-order valence-corrected chi connectivity index (χ4v) is 3.10. The number of hydrogen-bond acceptors (Lipinski definition) is 4. The third-order valence-corrected chi connectivity index (χ3v) is 4.85. The number of amides is 1. The largest absolute Gasteiger partial charge is 0.497 e. The Morgan fingerprint density at radius 1 is 1.22 bits per heavy atom. The zero-order valence-corrected chi connectivity index (χ0v) is 13.8. The van der Waals surface area contributed by atoms with Crippen LogP contribution in [0.4, 0.5) is 0 Å². The predicted molar refractivity (Wildman–Crippen MR) is 88.4 cm³/mol. The van der Waals surface area contributed by atoms with Crippen LogP contribution in [0.25, 0.3) is 0 Å². The minimum atomic E-state index is -0.184. The molecule has 5 nitrogen and oxygen atoms in total. The van der Waals surface area contributed by atoms with Crippen molar-refractivity contribution in [3.63, 3.8) is 0 Å². The lowest BCUT2D eigenvalue weighted by molar-refractivity contribution is -0.132. The lowest BCUT2D eigenvalue weighted by Gasteiger charge is -2.35. The average molecular weight is 318 g/mol. The SMILES string of the molecule is COc1ccc(CC(=O)N2CCN(CC(O)C3CC3)CC2)cc1. The zero-order valence-electron chi connectivity index (χ0n) is 13.8. The van der Waals surface area contributed by atoms with E-state index >= 15 is 0 Å². The Balaban J connectivity index is 1.43. The summed E-state index contributed by atoms with van der Waals surface area (Å²) in [6, 6.07) is 7.66. The summed E-state index contributed by atoms with van der Waals surface area (Å²) in [4.78, 5) is 16.6. The number of β-amino-alcohol motifs (C(OH)–C–C–N with tert-alkyl or cyclic N) is 1. The van der Waals surface area contributed by atoms with Crippen molar-refractivity contribution in [2.75, 3.05) is 39.8 Å². The van der Waals surface area contributed by atoms with Gasteiger partial charge in [0.1, 0.15) is 5.75 Å². The summed E-state index contributed by atoms with van der Waals surface area (Å²) in [5.74, 6) is 1.51. The summed E-state index contributed by atoms with van der Waals surface area (Å²) in [6.07, 6.45) is 2.59. The molecule has 1 amide bonds. The molecule has 0 bridgehead atoms. The Hall–Kier alpha value is -1.59. The van der Waals surface area contributed by atoms with Crippen molar-refractivity contribution in [2.24, 2.45) is 5.92 Å². The first-order valence-electron chi connectivity index (χ1n) is 8.47. The van der Waals surface area contributed by atoms with Crippen LogP contribution in [0.15, 0.2) is 24.3 Å². The Morgan fingerprint density at radius 2 is 1.87 bits per heavy atom. The van der Waals surface area contributed by atoms with Gasteiger partial charge in [0, 0.05) is 32.7 Å². The van der Waals surface area contributed by atoms with E-state index in [0.29, 0.717) is 12.3 Å². The number of piperazine rings is 1. The van der Waals surface area contributed by atoms with E-state index in [4.69, 9.17) is 4.74 Å². The van der Waals surface area contributed by atoms with Gasteiger partial charge < -0.3 is 14.7 Å². The molecule has 1 N–H and O–H groups in total. The van der Waals surface area contributed by atoms with E-state index in [9.17, 15) is 9.90 Å². The van der Waals surface area contributed by atoms with Gasteiger partial charge in [-0.3, -0.25) is 9.69 Å². The number of aliphatic hydroxyl groups excluding tert-OH is 1. The molecular weight excluding hydrogens is 292 g/mol. The van der Waals surface area contributed by atoms with Crippen LogP contribution in [0.5, 0.6) is 5.75 Å². The molecule has 1 aliphatic heterocycles. The maximum Gasteiger partial charge on any atom is 0.227 e. The van der Waals surface area contributed by atoms with E-state index < -0.39 is 0 Å². The van der Waals surface area contributed by atoms with E-state index in [-0.39, 0.29) is 12.0 Å². The summed E-state index contributed by atoms with van der Waals surface area (Å²) in [5.41, 5.74) is 1.02. The number of ether oxygens (including phenoxy) is 1. The van der Waals surface area contributed by atoms with Crippen molar-refractivity contribution in [2.45, 2.75) is 25.4 Å². The second-order valence-corrected chi connectivity index (χ2v) is 6.61. The van der Waals surface area contributed by atoms with Crippen molar-refractivity contribution in [3.8, 4) is 5.75 Å². The second-order valence-electron chi connectivity index (χ2n) is 6.61. The Morgan fingerprint density at radius 3 is 2.43 bits per heavy atom. The fourth-order valence-electron chi connectivity index (χ4n) is 3.10. The normalized spacial score (nSPS) is 20.3. The van der Waals surface area contributed by atoms with E-state index in [0.717, 1.165) is 44.0 Å². The predicted octanol–water partition coefficient (Wildman–Crippen LogP) is 1.15. The summed E-state index contributed by atoms with van der Waals surface area (Å²) >= 11 is 0. The summed E-state index contributed by atoms with van der Waals surface area (Å²) in [5, 5.41) is 10.0. The molecule has 23 heavy (non-hydrogen) atoms. The van der Waals surface area contributed by atoms with Crippen LogP contribution in [0.3, 0.4) is 0 Å². The summed E-state index contributed by atoms with van der Waals surface area (Å²) < 4.78 is 5.13. The van der Waals surface area contributed by atoms with Crippen LogP contribution >= 0.6 is 0 Å². The van der Waals surface area contributed by atoms with Crippen LogP contribution in [0.1, 0.15) is 18.4 Å². The summed E-state index contributed by atoms with van der Waals surface area (Å²) in [7, 11) is 1.64. The maximum absolute atomic E-state index is 12.4. The topological polar surface area (TPSA) is 53.0 Å². The lowest BCUT2D eigenvalue weighted by Crippen LogP contribution is -2.51. The molecule has 1 heterocycles. The molecule has 1 atom stereocenters. The van der Waals surface area contributed by atoms with Crippen molar-refractivity contribution in [1.82, 2.24) is 9.80 Å². The smallest absolute Gasteiger partial charge is 0.227 e. The molecule has 1 unspecified atom stereocenters. The lowest BCUT2D eigenvalue weighted by atomic mass is 10.1. The first kappa shape index (κ1) is 16.3. The van der Waals surface area contributed by atoms with Crippen molar-refractivity contribution in [3.05, 3.63) is 29.8 Å². The van der Waals surface area contributed by atoms with Crippen molar-refractivity contribution in [1.29, 1.82) is 0 Å². The van der Waals surface area contributed by atoms with E-state index in [2.05, 4.69) is 4.90 Å². The van der Waals surface area contributed by atoms with E-state index in [1.54, 1.807) is 7.11 Å². The highest BCUT2D eigenvalue weighted by atomic mass is 16.5. The number of methoxy groups -OCH3 is 1. The molecule has 1 aromatic rings. The van der Waals surface area contributed by atoms with E-state index in [1.807, 2.05) is 29.2 Å². The number of carbonyl (C=O) groups is 1. The number of hydrogen-bond donors (Lipinski definition) is 1. The van der Waals surface area contributed by atoms with Crippen LogP contribution in [0, 0.1) is 5.92 Å². The van der Waals surface area contributed by atoms with Gasteiger partial charge in [0.25, 0.3) is 0 Å². The average Bonchev–Trinajstić information content (AvgIpc) is 3.41. The Labute approximate surface area is 137 Å². The first-order chi connectivity index (χ1) is 11.2. The van der Waals surface area contributed by atoms with Gasteiger partial charge in [-0.25, -0.2) is 0 Å². The molecule has 1 saturated heterocycles.